The van der Waals surface area contributed by atoms with Gasteiger partial charge in [-0.1, -0.05) is 34.8 Å². The molecule has 3 nitrogen and oxygen atoms in total. The van der Waals surface area contributed by atoms with Gasteiger partial charge in [-0.3, -0.25) is 0 Å². The van der Waals surface area contributed by atoms with Crippen LogP contribution in [-0.2, 0) is 0 Å². The molecule has 0 fully saturated rings. The summed E-state index contributed by atoms with van der Waals surface area (Å²) >= 11 is 17.3. The van der Waals surface area contributed by atoms with Gasteiger partial charge < -0.3 is 4.74 Å². The lowest BCUT2D eigenvalue weighted by Crippen LogP contribution is -1.92. The molecule has 0 aliphatic carbocycles. The maximum absolute atomic E-state index is 13.4. The van der Waals surface area contributed by atoms with Crippen LogP contribution in [0.4, 0.5) is 4.39 Å². The zero-order valence-corrected chi connectivity index (χ0v) is 11.4. The average molecular weight is 318 g/mol. The van der Waals surface area contributed by atoms with Crippen molar-refractivity contribution in [2.45, 2.75) is 0 Å². The molecule has 0 aliphatic rings. The molecule has 0 saturated heterocycles. The number of nitrogens with zero attached hydrogens (tertiary/aromatic N) is 2. The molecule has 0 aliphatic heterocycles. The summed E-state index contributed by atoms with van der Waals surface area (Å²) in [6, 6.07) is 6.83. The van der Waals surface area contributed by atoms with E-state index in [1.807, 2.05) is 0 Å². The fourth-order valence-electron chi connectivity index (χ4n) is 1.26. The Morgan fingerprint density at radius 1 is 1.16 bits per heavy atom. The van der Waals surface area contributed by atoms with Gasteiger partial charge in [-0.15, -0.1) is 0 Å². The van der Waals surface area contributed by atoms with Crippen molar-refractivity contribution in [2.75, 3.05) is 0 Å². The molecule has 0 bridgehead atoms. The molecule has 96 valence electrons. The van der Waals surface area contributed by atoms with E-state index in [1.165, 1.54) is 18.2 Å². The SMILES string of the molecule is N#Cc1ccc(Oc2nc(Cl)c(Cl)cc2Cl)cc1F. The number of pyridine rings is 1. The van der Waals surface area contributed by atoms with E-state index in [0.717, 1.165) is 6.07 Å². The highest BCUT2D eigenvalue weighted by atomic mass is 35.5. The Morgan fingerprint density at radius 3 is 2.53 bits per heavy atom. The average Bonchev–Trinajstić information content (AvgIpc) is 2.36. The zero-order chi connectivity index (χ0) is 14.0. The van der Waals surface area contributed by atoms with Gasteiger partial charge in [0.2, 0.25) is 5.88 Å². The highest BCUT2D eigenvalue weighted by Crippen LogP contribution is 2.33. The van der Waals surface area contributed by atoms with Gasteiger partial charge in [0.05, 0.1) is 10.6 Å². The van der Waals surface area contributed by atoms with Gasteiger partial charge in [0, 0.05) is 6.07 Å². The van der Waals surface area contributed by atoms with Gasteiger partial charge in [0.1, 0.15) is 22.7 Å². The van der Waals surface area contributed by atoms with Crippen LogP contribution in [0.2, 0.25) is 15.2 Å². The molecule has 0 N–H and O–H groups in total. The third-order valence-corrected chi connectivity index (χ3v) is 3.07. The molecule has 0 amide bonds. The van der Waals surface area contributed by atoms with E-state index in [0.29, 0.717) is 0 Å². The Hall–Kier alpha value is -1.54. The van der Waals surface area contributed by atoms with Crippen molar-refractivity contribution < 1.29 is 9.13 Å². The van der Waals surface area contributed by atoms with Crippen molar-refractivity contribution in [3.05, 3.63) is 50.8 Å². The molecule has 19 heavy (non-hydrogen) atoms. The molecule has 0 saturated carbocycles. The molecule has 2 rings (SSSR count). The molecule has 1 aromatic carbocycles. The van der Waals surface area contributed by atoms with Crippen LogP contribution in [0.25, 0.3) is 0 Å². The van der Waals surface area contributed by atoms with Crippen molar-refractivity contribution in [3.8, 4) is 17.7 Å². The second kappa shape index (κ2) is 5.62. The topological polar surface area (TPSA) is 45.9 Å². The number of halogens is 4. The Kier molecular flexibility index (Phi) is 4.11. The smallest absolute Gasteiger partial charge is 0.239 e. The van der Waals surface area contributed by atoms with Crippen molar-refractivity contribution in [3.63, 3.8) is 0 Å². The Morgan fingerprint density at radius 2 is 1.89 bits per heavy atom. The molecule has 1 heterocycles. The first-order valence-electron chi connectivity index (χ1n) is 4.90. The molecule has 0 atom stereocenters. The molecule has 7 heteroatoms. The first-order valence-corrected chi connectivity index (χ1v) is 6.03. The second-order valence-corrected chi connectivity index (χ2v) is 4.58. The summed E-state index contributed by atoms with van der Waals surface area (Å²) in [5, 5.41) is 8.96. The maximum Gasteiger partial charge on any atom is 0.239 e. The number of benzene rings is 1. The van der Waals surface area contributed by atoms with E-state index in [-0.39, 0.29) is 32.4 Å². The predicted molar refractivity (Wildman–Crippen MR) is 70.5 cm³/mol. The molecular weight excluding hydrogens is 314 g/mol. The predicted octanol–water partition coefficient (Wildman–Crippen LogP) is 4.84. The minimum atomic E-state index is -0.698. The number of ether oxygens (including phenoxy) is 1. The van der Waals surface area contributed by atoms with Gasteiger partial charge in [0.25, 0.3) is 0 Å². The summed E-state index contributed by atoms with van der Waals surface area (Å²) < 4.78 is 18.7. The van der Waals surface area contributed by atoms with E-state index >= 15 is 0 Å². The molecular formula is C12H4Cl3FN2O. The highest BCUT2D eigenvalue weighted by molar-refractivity contribution is 6.42. The van der Waals surface area contributed by atoms with E-state index in [4.69, 9.17) is 44.8 Å². The Bertz CT molecular complexity index is 685. The summed E-state index contributed by atoms with van der Waals surface area (Å²) in [5.41, 5.74) is -0.0828. The van der Waals surface area contributed by atoms with Crippen LogP contribution in [0, 0.1) is 17.1 Å². The molecule has 0 spiro atoms. The van der Waals surface area contributed by atoms with Gasteiger partial charge in [0.15, 0.2) is 5.15 Å². The minimum Gasteiger partial charge on any atom is -0.437 e. The van der Waals surface area contributed by atoms with Crippen molar-refractivity contribution in [1.82, 2.24) is 4.98 Å². The van der Waals surface area contributed by atoms with Gasteiger partial charge in [-0.25, -0.2) is 4.39 Å². The number of aromatic nitrogens is 1. The van der Waals surface area contributed by atoms with Gasteiger partial charge in [-0.05, 0) is 18.2 Å². The summed E-state index contributed by atoms with van der Waals surface area (Å²) in [7, 11) is 0. The number of hydrogen-bond acceptors (Lipinski definition) is 3. The first-order chi connectivity index (χ1) is 9.01. The summed E-state index contributed by atoms with van der Waals surface area (Å²) in [4.78, 5) is 3.83. The fourth-order valence-corrected chi connectivity index (χ4v) is 1.79. The van der Waals surface area contributed by atoms with E-state index in [9.17, 15) is 4.39 Å². The lowest BCUT2D eigenvalue weighted by Gasteiger charge is -2.08. The maximum atomic E-state index is 13.4. The quantitative estimate of drug-likeness (QED) is 0.744. The lowest BCUT2D eigenvalue weighted by molar-refractivity contribution is 0.458. The number of nitriles is 1. The fraction of sp³-hybridized carbons (Fsp3) is 0. The van der Waals surface area contributed by atoms with Crippen molar-refractivity contribution in [1.29, 1.82) is 5.26 Å². The van der Waals surface area contributed by atoms with Crippen LogP contribution in [0.3, 0.4) is 0 Å². The first kappa shape index (κ1) is 13.9. The number of hydrogen-bond donors (Lipinski definition) is 0. The summed E-state index contributed by atoms with van der Waals surface area (Å²) in [6.07, 6.45) is 0. The molecule has 0 radical (unpaired) electrons. The molecule has 1 aromatic heterocycles. The van der Waals surface area contributed by atoms with Crippen molar-refractivity contribution >= 4 is 34.8 Å². The lowest BCUT2D eigenvalue weighted by atomic mass is 10.2. The summed E-state index contributed by atoms with van der Waals surface area (Å²) in [5.74, 6) is -0.555. The third kappa shape index (κ3) is 3.07. The third-order valence-electron chi connectivity index (χ3n) is 2.13. The Balaban J connectivity index is 2.34. The van der Waals surface area contributed by atoms with Crippen LogP contribution < -0.4 is 4.74 Å². The second-order valence-electron chi connectivity index (χ2n) is 3.40. The minimum absolute atomic E-state index is 0.000161. The van der Waals surface area contributed by atoms with Crippen LogP contribution in [0.15, 0.2) is 24.3 Å². The monoisotopic (exact) mass is 316 g/mol. The van der Waals surface area contributed by atoms with E-state index in [1.54, 1.807) is 6.07 Å². The van der Waals surface area contributed by atoms with Crippen molar-refractivity contribution in [2.24, 2.45) is 0 Å². The molecule has 0 unspecified atom stereocenters. The van der Waals surface area contributed by atoms with Crippen LogP contribution in [-0.4, -0.2) is 4.98 Å². The van der Waals surface area contributed by atoms with Crippen LogP contribution >= 0.6 is 34.8 Å². The zero-order valence-electron chi connectivity index (χ0n) is 9.12. The van der Waals surface area contributed by atoms with Gasteiger partial charge >= 0.3 is 0 Å². The molecule has 2 aromatic rings. The summed E-state index contributed by atoms with van der Waals surface area (Å²) in [6.45, 7) is 0. The van der Waals surface area contributed by atoms with Crippen LogP contribution in [0.5, 0.6) is 11.6 Å². The standard InChI is InChI=1S/C12H4Cl3FN2O/c13-8-4-9(14)12(18-11(8)15)19-7-2-1-6(5-17)10(16)3-7/h1-4H. The van der Waals surface area contributed by atoms with E-state index < -0.39 is 5.82 Å². The largest absolute Gasteiger partial charge is 0.437 e. The normalized spacial score (nSPS) is 10.1. The van der Waals surface area contributed by atoms with Gasteiger partial charge in [-0.2, -0.15) is 10.2 Å². The van der Waals surface area contributed by atoms with Crippen LogP contribution in [0.1, 0.15) is 5.56 Å². The Labute approximate surface area is 123 Å². The van der Waals surface area contributed by atoms with E-state index in [2.05, 4.69) is 4.98 Å². The number of rotatable bonds is 2. The highest BCUT2D eigenvalue weighted by Gasteiger charge is 2.11.